The molecule has 0 radical (unpaired) electrons. The first-order chi connectivity index (χ1) is 7.26. The van der Waals surface area contributed by atoms with Gasteiger partial charge >= 0.3 is 104 Å². The second kappa shape index (κ2) is 6.95. The predicted molar refractivity (Wildman–Crippen MR) is 65.8 cm³/mol. The van der Waals surface area contributed by atoms with Crippen molar-refractivity contribution in [2.45, 2.75) is 6.92 Å². The van der Waals surface area contributed by atoms with Crippen molar-refractivity contribution >= 4 is 31.6 Å². The van der Waals surface area contributed by atoms with Gasteiger partial charge in [-0.2, -0.15) is 0 Å². The van der Waals surface area contributed by atoms with Gasteiger partial charge in [0.05, 0.1) is 0 Å². The summed E-state index contributed by atoms with van der Waals surface area (Å²) in [6, 6.07) is 5.79. The van der Waals surface area contributed by atoms with Crippen LogP contribution >= 0.6 is 21.0 Å². The van der Waals surface area contributed by atoms with Gasteiger partial charge in [-0.3, -0.25) is 0 Å². The number of aromatic nitrogens is 1. The average molecular weight is 289 g/mol. The Balaban J connectivity index is 2.62. The van der Waals surface area contributed by atoms with Crippen molar-refractivity contribution in [2.24, 2.45) is 5.10 Å². The second-order valence-electron chi connectivity index (χ2n) is 2.63. The molecule has 1 aromatic rings. The number of thioether (sulfide) groups is 1. The van der Waals surface area contributed by atoms with Crippen molar-refractivity contribution < 1.29 is 14.4 Å². The molecule has 0 aliphatic carbocycles. The zero-order chi connectivity index (χ0) is 11.1. The van der Waals surface area contributed by atoms with E-state index in [1.807, 2.05) is 31.4 Å². The molecule has 0 aromatic carbocycles. The van der Waals surface area contributed by atoms with Gasteiger partial charge < -0.3 is 0 Å². The molecule has 0 atom stereocenters. The Hall–Kier alpha value is -0.421. The van der Waals surface area contributed by atoms with E-state index in [2.05, 4.69) is 15.5 Å². The molecule has 6 heteroatoms. The molecule has 85 valence electrons. The molecule has 15 heavy (non-hydrogen) atoms. The molecular weight excluding hydrogens is 278 g/mol. The molecule has 1 N–H and O–H groups in total. The monoisotopic (exact) mass is 288 g/mol. The Morgan fingerprint density at radius 2 is 2.40 bits per heavy atom. The molecule has 1 aromatic heterocycles. The van der Waals surface area contributed by atoms with Crippen molar-refractivity contribution in [2.75, 3.05) is 6.26 Å². The Bertz CT molecular complexity index is 414. The van der Waals surface area contributed by atoms with Crippen LogP contribution in [0.4, 0.5) is 0 Å². The summed E-state index contributed by atoms with van der Waals surface area (Å²) in [7, 11) is 1.21. The third-order valence-electron chi connectivity index (χ3n) is 1.50. The quantitative estimate of drug-likeness (QED) is 0.391. The van der Waals surface area contributed by atoms with Gasteiger partial charge in [-0.25, -0.2) is 0 Å². The molecule has 0 aliphatic heterocycles. The molecule has 0 saturated carbocycles. The fraction of sp³-hybridized carbons (Fsp3) is 0.222. The van der Waals surface area contributed by atoms with Crippen LogP contribution in [0.5, 0.6) is 0 Å². The van der Waals surface area contributed by atoms with Gasteiger partial charge in [0.25, 0.3) is 0 Å². The first kappa shape index (κ1) is 12.6. The summed E-state index contributed by atoms with van der Waals surface area (Å²) in [5, 5.41) is 4.04. The van der Waals surface area contributed by atoms with Crippen LogP contribution in [0, 0.1) is 6.92 Å². The number of hydrogen-bond acceptors (Lipinski definition) is 3. The Morgan fingerprint density at radius 1 is 1.60 bits per heavy atom. The Morgan fingerprint density at radius 3 is 3.00 bits per heavy atom. The van der Waals surface area contributed by atoms with Crippen LogP contribution in [0.2, 0.25) is 0 Å². The molecule has 1 rings (SSSR count). The van der Waals surface area contributed by atoms with Gasteiger partial charge in [0, 0.05) is 0 Å². The molecule has 0 amide bonds. The van der Waals surface area contributed by atoms with E-state index in [0.717, 1.165) is 15.7 Å². The third kappa shape index (κ3) is 4.75. The van der Waals surface area contributed by atoms with Crippen LogP contribution in [0.1, 0.15) is 11.4 Å². The summed E-state index contributed by atoms with van der Waals surface area (Å²) in [6.45, 7) is 1.95. The van der Waals surface area contributed by atoms with Crippen molar-refractivity contribution in [3.05, 3.63) is 29.6 Å². The van der Waals surface area contributed by atoms with Gasteiger partial charge in [-0.1, -0.05) is 0 Å². The summed E-state index contributed by atoms with van der Waals surface area (Å²) in [5.41, 5.74) is 4.66. The van der Waals surface area contributed by atoms with E-state index in [4.69, 9.17) is 14.4 Å². The third-order valence-corrected chi connectivity index (χ3v) is 3.81. The number of pyridine rings is 1. The number of rotatable bonds is 2. The van der Waals surface area contributed by atoms with Gasteiger partial charge in [0.2, 0.25) is 0 Å². The van der Waals surface area contributed by atoms with Gasteiger partial charge in [0.1, 0.15) is 0 Å². The van der Waals surface area contributed by atoms with E-state index in [1.54, 1.807) is 6.21 Å². The van der Waals surface area contributed by atoms with Crippen LogP contribution < -0.4 is 5.43 Å². The van der Waals surface area contributed by atoms with Crippen molar-refractivity contribution in [1.29, 1.82) is 0 Å². The summed E-state index contributed by atoms with van der Waals surface area (Å²) in [5.74, 6) is 0. The van der Waals surface area contributed by atoms with E-state index in [1.165, 1.54) is 21.0 Å². The van der Waals surface area contributed by atoms with E-state index in [9.17, 15) is 0 Å². The molecule has 0 bridgehead atoms. The fourth-order valence-corrected chi connectivity index (χ4v) is 2.13. The molecule has 1 heterocycles. The van der Waals surface area contributed by atoms with E-state index >= 15 is 0 Å². The number of nitrogens with one attached hydrogen (secondary N) is 1. The van der Waals surface area contributed by atoms with Crippen LogP contribution in [0.3, 0.4) is 0 Å². The SMILES string of the molecule is CSC(N/N=C/c1cccc(C)n1)=[S]=[Cu]. The van der Waals surface area contributed by atoms with Crippen LogP contribution in [-0.2, 0) is 14.4 Å². The first-order valence-corrected chi connectivity index (χ1v) is 7.18. The normalized spacial score (nSPS) is 10.4. The fourth-order valence-electron chi connectivity index (χ4n) is 0.872. The minimum atomic E-state index is 0.829. The molecule has 0 fully saturated rings. The topological polar surface area (TPSA) is 37.3 Å². The number of aryl methyl sites for hydroxylation is 1. The first-order valence-electron chi connectivity index (χ1n) is 4.15. The maximum absolute atomic E-state index is 4.97. The van der Waals surface area contributed by atoms with Crippen LogP contribution in [0.25, 0.3) is 0 Å². The van der Waals surface area contributed by atoms with Crippen molar-refractivity contribution in [1.82, 2.24) is 10.4 Å². The standard InChI is InChI=1S/C9H11N3S2.Cu/c1-7-4-3-5-8(11-7)6-10-12-9(13)14-2;/h3-6H,1-2H3,(H,12,13);/b10-6+;. The number of nitrogens with zero attached hydrogens (tertiary/aromatic N) is 2. The molecule has 0 aliphatic rings. The zero-order valence-corrected chi connectivity index (χ0v) is 10.9. The van der Waals surface area contributed by atoms with Gasteiger partial charge in [-0.05, 0) is 0 Å². The second-order valence-corrected chi connectivity index (χ2v) is 4.81. The van der Waals surface area contributed by atoms with E-state index < -0.39 is 0 Å². The maximum atomic E-state index is 4.97. The summed E-state index contributed by atoms with van der Waals surface area (Å²) in [6.07, 6.45) is 3.62. The summed E-state index contributed by atoms with van der Waals surface area (Å²) >= 11 is 6.50. The predicted octanol–water partition coefficient (Wildman–Crippen LogP) is 1.96. The number of hydrazone groups is 1. The Labute approximate surface area is 104 Å². The summed E-state index contributed by atoms with van der Waals surface area (Å²) in [4.78, 5) is 4.28. The molecule has 0 saturated heterocycles. The Kier molecular flexibility index (Phi) is 5.86. The molecule has 0 unspecified atom stereocenters. The summed E-state index contributed by atoms with van der Waals surface area (Å²) < 4.78 is 0.874. The molecule has 0 spiro atoms. The van der Waals surface area contributed by atoms with Crippen LogP contribution in [-0.4, -0.2) is 21.8 Å². The minimum absolute atomic E-state index is 0.829. The van der Waals surface area contributed by atoms with Crippen molar-refractivity contribution in [3.63, 3.8) is 0 Å². The van der Waals surface area contributed by atoms with Crippen LogP contribution in [0.15, 0.2) is 23.3 Å². The van der Waals surface area contributed by atoms with Gasteiger partial charge in [0.15, 0.2) is 0 Å². The molecule has 3 nitrogen and oxygen atoms in total. The number of hydrogen-bond donors (Lipinski definition) is 1. The van der Waals surface area contributed by atoms with E-state index in [-0.39, 0.29) is 0 Å². The zero-order valence-electron chi connectivity index (χ0n) is 8.32. The average Bonchev–Trinajstić information content (AvgIpc) is 2.25. The van der Waals surface area contributed by atoms with Crippen molar-refractivity contribution in [3.8, 4) is 0 Å². The van der Waals surface area contributed by atoms with E-state index in [0.29, 0.717) is 0 Å². The molecular formula is C9H11CuN3S2. The van der Waals surface area contributed by atoms with Gasteiger partial charge in [-0.15, -0.1) is 0 Å².